The Morgan fingerprint density at radius 3 is 2.54 bits per heavy atom. The van der Waals surface area contributed by atoms with Crippen LogP contribution in [0.3, 0.4) is 0 Å². The van der Waals surface area contributed by atoms with E-state index < -0.39 is 0 Å². The maximum absolute atomic E-state index is 5.91. The lowest BCUT2D eigenvalue weighted by Crippen LogP contribution is -2.38. The number of halogens is 1. The van der Waals surface area contributed by atoms with E-state index in [0.717, 1.165) is 54.2 Å². The van der Waals surface area contributed by atoms with E-state index in [-0.39, 0.29) is 0 Å². The van der Waals surface area contributed by atoms with Gasteiger partial charge < -0.3 is 10.6 Å². The van der Waals surface area contributed by atoms with Gasteiger partial charge in [-0.05, 0) is 44.9 Å². The third-order valence-electron chi connectivity index (χ3n) is 3.63. The molecule has 130 valence electrons. The fourth-order valence-electron chi connectivity index (χ4n) is 2.23. The van der Waals surface area contributed by atoms with E-state index in [4.69, 9.17) is 11.6 Å². The van der Waals surface area contributed by atoms with Crippen molar-refractivity contribution in [3.05, 3.63) is 50.4 Å². The summed E-state index contributed by atoms with van der Waals surface area (Å²) in [5.41, 5.74) is 2.39. The molecular weight excluding hydrogens is 340 g/mol. The van der Waals surface area contributed by atoms with Crippen LogP contribution < -0.4 is 10.6 Å². The first-order valence-corrected chi connectivity index (χ1v) is 9.47. The molecule has 0 aliphatic heterocycles. The molecule has 1 aromatic heterocycles. The molecule has 1 heterocycles. The van der Waals surface area contributed by atoms with Crippen LogP contribution >= 0.6 is 22.9 Å². The van der Waals surface area contributed by atoms with Crippen LogP contribution in [0.1, 0.15) is 28.1 Å². The molecular formula is C18H25ClN4S. The fourth-order valence-corrected chi connectivity index (χ4v) is 3.28. The Morgan fingerprint density at radius 2 is 1.92 bits per heavy atom. The zero-order valence-electron chi connectivity index (χ0n) is 14.5. The molecule has 0 unspecified atom stereocenters. The summed E-state index contributed by atoms with van der Waals surface area (Å²) in [6.07, 6.45) is 1.82. The first-order valence-electron chi connectivity index (χ1n) is 8.28. The molecule has 0 spiro atoms. The zero-order chi connectivity index (χ0) is 17.4. The van der Waals surface area contributed by atoms with Crippen LogP contribution in [0.25, 0.3) is 0 Å². The molecule has 0 fully saturated rings. The molecule has 0 saturated heterocycles. The second kappa shape index (κ2) is 9.64. The van der Waals surface area contributed by atoms with Crippen LogP contribution in [0, 0.1) is 13.8 Å². The molecule has 1 aromatic carbocycles. The number of nitrogens with zero attached hydrogens (tertiary/aromatic N) is 2. The van der Waals surface area contributed by atoms with Crippen molar-refractivity contribution < 1.29 is 0 Å². The third-order valence-corrected chi connectivity index (χ3v) is 5.02. The van der Waals surface area contributed by atoms with Gasteiger partial charge >= 0.3 is 0 Å². The van der Waals surface area contributed by atoms with Gasteiger partial charge in [0.25, 0.3) is 0 Å². The first kappa shape index (κ1) is 18.7. The highest BCUT2D eigenvalue weighted by molar-refractivity contribution is 7.11. The second-order valence-electron chi connectivity index (χ2n) is 5.56. The average Bonchev–Trinajstić information content (AvgIpc) is 2.87. The molecule has 0 radical (unpaired) electrons. The number of hydrogen-bond acceptors (Lipinski definition) is 3. The Labute approximate surface area is 153 Å². The largest absolute Gasteiger partial charge is 0.357 e. The lowest BCUT2D eigenvalue weighted by molar-refractivity contribution is 0.796. The van der Waals surface area contributed by atoms with Gasteiger partial charge in [0.1, 0.15) is 0 Å². The molecule has 2 aromatic rings. The van der Waals surface area contributed by atoms with Crippen LogP contribution in [-0.2, 0) is 12.8 Å². The van der Waals surface area contributed by atoms with Gasteiger partial charge in [0.15, 0.2) is 5.96 Å². The maximum atomic E-state index is 5.91. The normalized spacial score (nSPS) is 11.6. The van der Waals surface area contributed by atoms with Gasteiger partial charge in [-0.3, -0.25) is 4.99 Å². The van der Waals surface area contributed by atoms with Crippen molar-refractivity contribution >= 4 is 28.9 Å². The zero-order valence-corrected chi connectivity index (χ0v) is 16.1. The second-order valence-corrected chi connectivity index (χ2v) is 7.29. The molecule has 2 N–H and O–H groups in total. The van der Waals surface area contributed by atoms with Crippen molar-refractivity contribution in [1.29, 1.82) is 0 Å². The lowest BCUT2D eigenvalue weighted by atomic mass is 10.1. The molecule has 6 heteroatoms. The fraction of sp³-hybridized carbons (Fsp3) is 0.444. The van der Waals surface area contributed by atoms with Gasteiger partial charge in [-0.1, -0.05) is 23.7 Å². The van der Waals surface area contributed by atoms with Crippen molar-refractivity contribution in [1.82, 2.24) is 15.6 Å². The Kier molecular flexibility index (Phi) is 7.53. The van der Waals surface area contributed by atoms with Gasteiger partial charge in [-0.15, -0.1) is 11.3 Å². The maximum Gasteiger partial charge on any atom is 0.191 e. The minimum atomic E-state index is 0.739. The van der Waals surface area contributed by atoms with Gasteiger partial charge in [0.05, 0.1) is 10.7 Å². The van der Waals surface area contributed by atoms with Crippen molar-refractivity contribution in [2.45, 2.75) is 33.6 Å². The van der Waals surface area contributed by atoms with E-state index in [9.17, 15) is 0 Å². The number of aliphatic imine (C=N–C) groups is 1. The van der Waals surface area contributed by atoms with E-state index in [1.165, 1.54) is 10.4 Å². The number of aromatic nitrogens is 1. The van der Waals surface area contributed by atoms with E-state index in [1.54, 1.807) is 11.3 Å². The number of rotatable bonds is 7. The summed E-state index contributed by atoms with van der Waals surface area (Å²) in [5, 5.41) is 8.59. The predicted molar refractivity (Wildman–Crippen MR) is 104 cm³/mol. The highest BCUT2D eigenvalue weighted by Crippen LogP contribution is 2.16. The van der Waals surface area contributed by atoms with Crippen LogP contribution in [0.15, 0.2) is 29.3 Å². The Hall–Kier alpha value is -1.59. The van der Waals surface area contributed by atoms with Gasteiger partial charge in [0, 0.05) is 36.0 Å². The average molecular weight is 365 g/mol. The summed E-state index contributed by atoms with van der Waals surface area (Å²) in [4.78, 5) is 10.5. The van der Waals surface area contributed by atoms with E-state index in [2.05, 4.69) is 53.5 Å². The number of nitrogens with one attached hydrogen (secondary N) is 2. The Balaban J connectivity index is 1.80. The summed E-state index contributed by atoms with van der Waals surface area (Å²) in [6, 6.07) is 7.96. The standard InChI is InChI=1S/C18H25ClN4S/c1-4-20-18(21-11-9-15-5-7-16(19)8-6-15)22-12-10-17-23-13(2)14(3)24-17/h5-8H,4,9-12H2,1-3H3,(H2,20,21,22). The lowest BCUT2D eigenvalue weighted by Gasteiger charge is -2.11. The number of hydrogen-bond donors (Lipinski definition) is 2. The van der Waals surface area contributed by atoms with E-state index >= 15 is 0 Å². The number of benzene rings is 1. The van der Waals surface area contributed by atoms with Crippen LogP contribution in [0.2, 0.25) is 5.02 Å². The molecule has 0 amide bonds. The summed E-state index contributed by atoms with van der Waals surface area (Å²) in [7, 11) is 0. The molecule has 0 aliphatic carbocycles. The minimum absolute atomic E-state index is 0.739. The Morgan fingerprint density at radius 1 is 1.17 bits per heavy atom. The third kappa shape index (κ3) is 6.13. The number of thiazole rings is 1. The molecule has 2 rings (SSSR count). The molecule has 0 aliphatic rings. The predicted octanol–water partition coefficient (Wildman–Crippen LogP) is 3.75. The van der Waals surface area contributed by atoms with Crippen molar-refractivity contribution in [3.8, 4) is 0 Å². The van der Waals surface area contributed by atoms with Crippen LogP contribution in [0.4, 0.5) is 0 Å². The van der Waals surface area contributed by atoms with Gasteiger partial charge in [0.2, 0.25) is 0 Å². The van der Waals surface area contributed by atoms with Crippen molar-refractivity contribution in [2.24, 2.45) is 4.99 Å². The minimum Gasteiger partial charge on any atom is -0.357 e. The van der Waals surface area contributed by atoms with Crippen LogP contribution in [-0.4, -0.2) is 30.6 Å². The monoisotopic (exact) mass is 364 g/mol. The highest BCUT2D eigenvalue weighted by Gasteiger charge is 2.03. The van der Waals surface area contributed by atoms with Gasteiger partial charge in [-0.2, -0.15) is 0 Å². The van der Waals surface area contributed by atoms with Crippen molar-refractivity contribution in [2.75, 3.05) is 19.6 Å². The summed E-state index contributed by atoms with van der Waals surface area (Å²) in [6.45, 7) is 8.67. The number of aryl methyl sites for hydroxylation is 2. The summed E-state index contributed by atoms with van der Waals surface area (Å²) >= 11 is 7.67. The molecule has 4 nitrogen and oxygen atoms in total. The smallest absolute Gasteiger partial charge is 0.191 e. The topological polar surface area (TPSA) is 49.3 Å². The first-order chi connectivity index (χ1) is 11.6. The summed E-state index contributed by atoms with van der Waals surface area (Å²) in [5.74, 6) is 0.858. The molecule has 0 atom stereocenters. The summed E-state index contributed by atoms with van der Waals surface area (Å²) < 4.78 is 0. The van der Waals surface area contributed by atoms with Crippen molar-refractivity contribution in [3.63, 3.8) is 0 Å². The molecule has 24 heavy (non-hydrogen) atoms. The molecule has 0 saturated carbocycles. The number of guanidine groups is 1. The molecule has 0 bridgehead atoms. The Bertz CT molecular complexity index is 645. The van der Waals surface area contributed by atoms with E-state index in [1.807, 2.05) is 12.1 Å². The van der Waals surface area contributed by atoms with Gasteiger partial charge in [-0.25, -0.2) is 4.98 Å². The quantitative estimate of drug-likeness (QED) is 0.581. The van der Waals surface area contributed by atoms with Crippen LogP contribution in [0.5, 0.6) is 0 Å². The highest BCUT2D eigenvalue weighted by atomic mass is 35.5. The SMILES string of the molecule is CCNC(=NCCc1nc(C)c(C)s1)NCCc1ccc(Cl)cc1. The van der Waals surface area contributed by atoms with E-state index in [0.29, 0.717) is 0 Å².